The van der Waals surface area contributed by atoms with Crippen LogP contribution in [-0.4, -0.2) is 70.6 Å². The Balaban J connectivity index is 0.000000330. The zero-order valence-electron chi connectivity index (χ0n) is 33.0. The van der Waals surface area contributed by atoms with Crippen molar-refractivity contribution in [1.82, 2.24) is 9.97 Å². The van der Waals surface area contributed by atoms with E-state index < -0.39 is 25.9 Å². The number of carbonyl (C=O) groups excluding carboxylic acids is 3. The van der Waals surface area contributed by atoms with E-state index in [-0.39, 0.29) is 173 Å². The number of fused-ring (bicyclic) bond motifs is 2. The van der Waals surface area contributed by atoms with Crippen LogP contribution in [0.3, 0.4) is 0 Å². The quantitative estimate of drug-likeness (QED) is 0.0332. The van der Waals surface area contributed by atoms with E-state index >= 15 is 0 Å². The monoisotopic (exact) mass is 1040 g/mol. The molecule has 0 atom stereocenters. The van der Waals surface area contributed by atoms with E-state index in [0.29, 0.717) is 43.4 Å². The van der Waals surface area contributed by atoms with Crippen molar-refractivity contribution in [3.63, 3.8) is 0 Å². The van der Waals surface area contributed by atoms with Gasteiger partial charge in [-0.05, 0) is 62.1 Å². The Bertz CT molecular complexity index is 2310. The first-order chi connectivity index (χ1) is 29.0. The molecule has 0 aliphatic carbocycles. The number of phenols is 1. The van der Waals surface area contributed by atoms with Crippen LogP contribution < -0.4 is 99.3 Å². The summed E-state index contributed by atoms with van der Waals surface area (Å²) in [6.07, 6.45) is 1.85. The number of carbonyl (C=O) groups is 3. The number of pyridine rings is 2. The van der Waals surface area contributed by atoms with E-state index in [1.807, 2.05) is 0 Å². The van der Waals surface area contributed by atoms with Crippen LogP contribution in [0.2, 0.25) is 15.2 Å². The number of nitrogens with zero attached hydrogens (tertiary/aromatic N) is 4. The van der Waals surface area contributed by atoms with E-state index in [4.69, 9.17) is 91.6 Å². The van der Waals surface area contributed by atoms with Gasteiger partial charge in [-0.3, -0.25) is 4.79 Å². The maximum atomic E-state index is 14.2. The first-order valence-electron chi connectivity index (χ1n) is 17.4. The van der Waals surface area contributed by atoms with E-state index in [2.05, 4.69) is 24.5 Å². The number of hydrogen-bond acceptors (Lipinski definition) is 15. The van der Waals surface area contributed by atoms with Gasteiger partial charge >= 0.3 is 83.1 Å². The third kappa shape index (κ3) is 16.9. The van der Waals surface area contributed by atoms with Gasteiger partial charge in [-0.1, -0.05) is 34.8 Å². The van der Waals surface area contributed by atoms with E-state index in [1.54, 1.807) is 0 Å². The van der Waals surface area contributed by atoms with Crippen molar-refractivity contribution in [3.05, 3.63) is 97.2 Å². The fourth-order valence-electron chi connectivity index (χ4n) is 5.08. The molecule has 0 fully saturated rings. The number of Topliss-reactive ketones (excluding diaryl/α,β-unsaturated/α-hetero) is 2. The predicted molar refractivity (Wildman–Crippen MR) is 213 cm³/mol. The molecule has 320 valence electrons. The van der Waals surface area contributed by atoms with Gasteiger partial charge in [0.05, 0.1) is 49.6 Å². The molecule has 0 saturated carbocycles. The van der Waals surface area contributed by atoms with Gasteiger partial charge in [-0.15, -0.1) is 0 Å². The molecular weight excluding hydrogens is 1010 g/mol. The second-order valence-corrected chi connectivity index (χ2v) is 13.5. The average molecular weight is 1040 g/mol. The van der Waals surface area contributed by atoms with Crippen molar-refractivity contribution in [2.24, 2.45) is 0 Å². The number of phenolic OH excluding ortho intramolecular Hbond substituents is 1. The van der Waals surface area contributed by atoms with Gasteiger partial charge in [-0.2, -0.15) is 4.98 Å². The molecule has 0 bridgehead atoms. The van der Waals surface area contributed by atoms with Crippen LogP contribution in [0.15, 0.2) is 36.4 Å². The Morgan fingerprint density at radius 1 is 0.823 bits per heavy atom. The fraction of sp³-hybridized carbons (Fsp3) is 0.270. The Morgan fingerprint density at radius 2 is 1.29 bits per heavy atom. The normalized spacial score (nSPS) is 11.5. The minimum absolute atomic E-state index is 0. The van der Waals surface area contributed by atoms with Crippen molar-refractivity contribution in [2.45, 2.75) is 52.7 Å². The second-order valence-electron chi connectivity index (χ2n) is 12.3. The Morgan fingerprint density at radius 3 is 1.77 bits per heavy atom. The molecule has 0 unspecified atom stereocenters. The molecule has 4 heterocycles. The molecule has 2 aliphatic heterocycles. The van der Waals surface area contributed by atoms with Gasteiger partial charge in [0.25, 0.3) is 6.47 Å². The third-order valence-electron chi connectivity index (χ3n) is 7.76. The molecule has 0 amide bonds. The summed E-state index contributed by atoms with van der Waals surface area (Å²) < 4.78 is 53.3. The number of hydrogen-bond donors (Lipinski definition) is 3. The largest absolute Gasteiger partial charge is 1.00 e. The molecule has 3 N–H and O–H groups in total. The molecule has 2 aromatic carbocycles. The number of aromatic hydroxyl groups is 1. The average Bonchev–Trinajstić information content (AvgIpc) is 3.79. The van der Waals surface area contributed by atoms with E-state index in [9.17, 15) is 23.4 Å². The zero-order valence-corrected chi connectivity index (χ0v) is 41.5. The maximum Gasteiger partial charge on any atom is 1.00 e. The number of ketones is 2. The van der Waals surface area contributed by atoms with E-state index in [0.717, 1.165) is 12.1 Å². The minimum atomic E-state index is -1.31. The van der Waals surface area contributed by atoms with Crippen LogP contribution in [0, 0.1) is 24.8 Å². The summed E-state index contributed by atoms with van der Waals surface area (Å²) in [6, 6.07) is 7.69. The summed E-state index contributed by atoms with van der Waals surface area (Å²) >= 11 is 17.6. The smallest absolute Gasteiger partial charge is 0.662 e. The molecule has 4 aromatic rings. The fourth-order valence-corrected chi connectivity index (χ4v) is 5.55. The SMILES string of the molecule is O=CO[O-].OB1OCc2cc(O)cc(F)c21.[C-]#[N+]c1cc(Cl)c(Cl)nc1OCCCC(C)=O.[C-]#[N+]c1cc(Cl)c(Oc2cc(F)c3c(c2)COB3O)nc1OCCCC(C)=O.[Cs+]. The summed E-state index contributed by atoms with van der Waals surface area (Å²) in [5.74, 6) is -1.10. The second kappa shape index (κ2) is 27.6. The van der Waals surface area contributed by atoms with Crippen molar-refractivity contribution in [2.75, 3.05) is 13.2 Å². The molecule has 2 aromatic heterocycles. The van der Waals surface area contributed by atoms with Crippen LogP contribution in [-0.2, 0) is 41.8 Å². The summed E-state index contributed by atoms with van der Waals surface area (Å²) in [5.41, 5.74) is 1.47. The van der Waals surface area contributed by atoms with Crippen molar-refractivity contribution < 1.29 is 141 Å². The van der Waals surface area contributed by atoms with E-state index in [1.165, 1.54) is 38.1 Å². The Kier molecular flexibility index (Phi) is 24.3. The molecular formula is C37H32B2Cl3CsF2N4O13. The van der Waals surface area contributed by atoms with Crippen molar-refractivity contribution in [1.29, 1.82) is 0 Å². The van der Waals surface area contributed by atoms with Gasteiger partial charge in [0.2, 0.25) is 29.0 Å². The number of benzene rings is 2. The molecule has 2 aliphatic rings. The molecule has 6 rings (SSSR count). The third-order valence-corrected chi connectivity index (χ3v) is 8.71. The van der Waals surface area contributed by atoms with Crippen LogP contribution in [0.5, 0.6) is 29.1 Å². The molecule has 0 radical (unpaired) electrons. The van der Waals surface area contributed by atoms with Crippen molar-refractivity contribution in [3.8, 4) is 29.1 Å². The summed E-state index contributed by atoms with van der Waals surface area (Å²) in [7, 11) is -2.50. The van der Waals surface area contributed by atoms with Crippen LogP contribution in [0.1, 0.15) is 50.7 Å². The summed E-state index contributed by atoms with van der Waals surface area (Å²) in [4.78, 5) is 47.5. The number of aromatic nitrogens is 2. The molecule has 0 spiro atoms. The Labute approximate surface area is 427 Å². The van der Waals surface area contributed by atoms with Gasteiger partial charge < -0.3 is 58.4 Å². The topological polar surface area (TPSA) is 225 Å². The predicted octanol–water partition coefficient (Wildman–Crippen LogP) is 2.06. The van der Waals surface area contributed by atoms with Gasteiger partial charge in [0.15, 0.2) is 0 Å². The van der Waals surface area contributed by atoms with Gasteiger partial charge in [0, 0.05) is 35.9 Å². The first kappa shape index (κ1) is 54.6. The number of halogens is 5. The first-order valence-corrected chi connectivity index (χ1v) is 18.6. The number of rotatable bonds is 13. The Hall–Kier alpha value is -3.56. The zero-order chi connectivity index (χ0) is 45.2. The van der Waals surface area contributed by atoms with Crippen molar-refractivity contribution >= 4 is 89.4 Å². The molecule has 25 heteroatoms. The van der Waals surface area contributed by atoms with Crippen LogP contribution >= 0.6 is 34.8 Å². The van der Waals surface area contributed by atoms with Crippen LogP contribution in [0.4, 0.5) is 20.2 Å². The standard InChI is InChI=1S/C18H15BClFN2O5.C11H10Cl2N2O2.C7H6BFO3.CH2O3.Cs/c1-10(24)4-3-5-26-18-15(22-2)8-13(20)17(23-18)28-12-6-11-9-27-19(25)16(11)14(21)7-12;1-7(16)4-3-5-17-11-9(14-2)6-8(12)10(13)15-11;9-6-2-5(10)1-4-3-12-8(11)7(4)6;2-1-4-3;/h6-8,25H,3-5,9H2,1H3;6H,3-5H2,1H3;1-2,10-11H,3H2;1,3H;/q;;;;+1/p-1. The molecule has 62 heavy (non-hydrogen) atoms. The summed E-state index contributed by atoms with van der Waals surface area (Å²) in [6.45, 7) is 17.7. The minimum Gasteiger partial charge on any atom is -0.662 e. The van der Waals surface area contributed by atoms with Gasteiger partial charge in [-0.25, -0.2) is 23.5 Å². The van der Waals surface area contributed by atoms with Crippen LogP contribution in [0.25, 0.3) is 9.69 Å². The summed E-state index contributed by atoms with van der Waals surface area (Å²) in [5, 5.41) is 36.5. The molecule has 0 saturated heterocycles. The number of ether oxygens (including phenoxy) is 3. The molecule has 17 nitrogen and oxygen atoms in total. The maximum absolute atomic E-state index is 14.2. The van der Waals surface area contributed by atoms with Gasteiger partial charge in [0.1, 0.15) is 39.9 Å².